The minimum Gasteiger partial charge on any atom is -0.463 e. The third kappa shape index (κ3) is 3.79. The topological polar surface area (TPSA) is 68.3 Å². The number of hydrogen-bond acceptors (Lipinski definition) is 5. The van der Waals surface area contributed by atoms with Gasteiger partial charge in [-0.2, -0.15) is 0 Å². The zero-order chi connectivity index (χ0) is 14.5. The van der Waals surface area contributed by atoms with Crippen molar-refractivity contribution in [3.05, 3.63) is 35.4 Å². The summed E-state index contributed by atoms with van der Waals surface area (Å²) in [6, 6.07) is 5.28. The van der Waals surface area contributed by atoms with Gasteiger partial charge in [-0.3, -0.25) is 10.1 Å². The molecule has 104 valence electrons. The Kier molecular flexibility index (Phi) is 4.70. The van der Waals surface area contributed by atoms with Gasteiger partial charge in [0.2, 0.25) is 5.91 Å². The Labute approximate surface area is 124 Å². The lowest BCUT2D eigenvalue weighted by atomic mass is 10.3. The lowest BCUT2D eigenvalue weighted by Gasteiger charge is -1.96. The average Bonchev–Trinajstić information content (AvgIpc) is 2.78. The number of nitrogens with one attached hydrogen (secondary N) is 1. The third-order valence-corrected chi connectivity index (χ3v) is 3.41. The molecule has 0 radical (unpaired) electrons. The van der Waals surface area contributed by atoms with Gasteiger partial charge in [-0.15, -0.1) is 0 Å². The van der Waals surface area contributed by atoms with Crippen molar-refractivity contribution in [2.24, 2.45) is 0 Å². The summed E-state index contributed by atoms with van der Waals surface area (Å²) in [5.74, 6) is -0.998. The fourth-order valence-corrected chi connectivity index (χ4v) is 2.58. The standard InChI is InChI=1S/C13H11ClN2O3S/c1-2-19-12(18)6-5-11(17)16-13-15-9-4-3-8(14)7-10(9)20-13/h3-7H,2H2,1H3,(H,15,16,17)/b6-5+. The van der Waals surface area contributed by atoms with Crippen LogP contribution in [0.5, 0.6) is 0 Å². The predicted octanol–water partition coefficient (Wildman–Crippen LogP) is 3.01. The minimum absolute atomic E-state index is 0.267. The van der Waals surface area contributed by atoms with Crippen LogP contribution in [0.4, 0.5) is 5.13 Å². The monoisotopic (exact) mass is 310 g/mol. The van der Waals surface area contributed by atoms with E-state index in [-0.39, 0.29) is 6.61 Å². The molecule has 0 unspecified atom stereocenters. The van der Waals surface area contributed by atoms with Crippen LogP contribution in [0.25, 0.3) is 10.2 Å². The molecular formula is C13H11ClN2O3S. The van der Waals surface area contributed by atoms with Crippen molar-refractivity contribution >= 4 is 50.2 Å². The van der Waals surface area contributed by atoms with Gasteiger partial charge >= 0.3 is 5.97 Å². The van der Waals surface area contributed by atoms with E-state index in [1.807, 2.05) is 0 Å². The molecular weight excluding hydrogens is 300 g/mol. The van der Waals surface area contributed by atoms with Crippen LogP contribution in [-0.2, 0) is 14.3 Å². The Morgan fingerprint density at radius 1 is 1.45 bits per heavy atom. The summed E-state index contributed by atoms with van der Waals surface area (Å²) in [5, 5.41) is 3.64. The van der Waals surface area contributed by atoms with Crippen LogP contribution in [-0.4, -0.2) is 23.5 Å². The van der Waals surface area contributed by atoms with Gasteiger partial charge in [-0.25, -0.2) is 9.78 Å². The number of hydrogen-bond donors (Lipinski definition) is 1. The molecule has 1 aromatic heterocycles. The van der Waals surface area contributed by atoms with Crippen LogP contribution in [0, 0.1) is 0 Å². The molecule has 1 N–H and O–H groups in total. The van der Waals surface area contributed by atoms with E-state index in [9.17, 15) is 9.59 Å². The number of nitrogens with zero attached hydrogens (tertiary/aromatic N) is 1. The van der Waals surface area contributed by atoms with E-state index in [4.69, 9.17) is 11.6 Å². The smallest absolute Gasteiger partial charge is 0.330 e. The number of carbonyl (C=O) groups excluding carboxylic acids is 2. The first kappa shape index (κ1) is 14.5. The predicted molar refractivity (Wildman–Crippen MR) is 79.0 cm³/mol. The van der Waals surface area contributed by atoms with Crippen LogP contribution >= 0.6 is 22.9 Å². The summed E-state index contributed by atoms with van der Waals surface area (Å²) in [6.45, 7) is 1.96. The summed E-state index contributed by atoms with van der Waals surface area (Å²) in [5.41, 5.74) is 0.754. The van der Waals surface area contributed by atoms with E-state index in [1.54, 1.807) is 25.1 Å². The number of benzene rings is 1. The first-order valence-corrected chi connectivity index (χ1v) is 7.00. The number of esters is 1. The Morgan fingerprint density at radius 2 is 2.25 bits per heavy atom. The molecule has 2 aromatic rings. The minimum atomic E-state index is -0.557. The molecule has 2 rings (SSSR count). The van der Waals surface area contributed by atoms with E-state index in [0.29, 0.717) is 10.2 Å². The summed E-state index contributed by atoms with van der Waals surface area (Å²) in [7, 11) is 0. The molecule has 1 heterocycles. The average molecular weight is 311 g/mol. The Bertz CT molecular complexity index is 681. The van der Waals surface area contributed by atoms with Crippen molar-refractivity contribution in [1.82, 2.24) is 4.98 Å². The molecule has 0 atom stereocenters. The van der Waals surface area contributed by atoms with Gasteiger partial charge in [0.1, 0.15) is 0 Å². The lowest BCUT2D eigenvalue weighted by Crippen LogP contribution is -2.09. The van der Waals surface area contributed by atoms with Crippen LogP contribution in [0.1, 0.15) is 6.92 Å². The van der Waals surface area contributed by atoms with Crippen molar-refractivity contribution in [2.45, 2.75) is 6.92 Å². The first-order chi connectivity index (χ1) is 9.58. The molecule has 0 fully saturated rings. The van der Waals surface area contributed by atoms with E-state index in [2.05, 4.69) is 15.0 Å². The maximum atomic E-state index is 11.6. The first-order valence-electron chi connectivity index (χ1n) is 5.80. The number of rotatable bonds is 4. The second kappa shape index (κ2) is 6.49. The quantitative estimate of drug-likeness (QED) is 0.696. The normalized spacial score (nSPS) is 10.9. The maximum absolute atomic E-state index is 11.6. The number of ether oxygens (including phenoxy) is 1. The highest BCUT2D eigenvalue weighted by molar-refractivity contribution is 7.22. The van der Waals surface area contributed by atoms with Crippen molar-refractivity contribution in [1.29, 1.82) is 0 Å². The Balaban J connectivity index is 2.04. The molecule has 0 aliphatic rings. The van der Waals surface area contributed by atoms with Crippen molar-refractivity contribution in [3.63, 3.8) is 0 Å². The second-order valence-corrected chi connectivity index (χ2v) is 5.17. The number of carbonyl (C=O) groups is 2. The fraction of sp³-hybridized carbons (Fsp3) is 0.154. The highest BCUT2D eigenvalue weighted by atomic mass is 35.5. The summed E-state index contributed by atoms with van der Waals surface area (Å²) < 4.78 is 5.55. The summed E-state index contributed by atoms with van der Waals surface area (Å²) in [4.78, 5) is 26.9. The Morgan fingerprint density at radius 3 is 3.00 bits per heavy atom. The second-order valence-electron chi connectivity index (χ2n) is 3.71. The number of anilines is 1. The largest absolute Gasteiger partial charge is 0.463 e. The molecule has 1 amide bonds. The summed E-state index contributed by atoms with van der Waals surface area (Å²) >= 11 is 7.18. The van der Waals surface area contributed by atoms with Crippen molar-refractivity contribution in [3.8, 4) is 0 Å². The number of amides is 1. The zero-order valence-corrected chi connectivity index (χ0v) is 12.1. The van der Waals surface area contributed by atoms with Crippen LogP contribution in [0.3, 0.4) is 0 Å². The van der Waals surface area contributed by atoms with Gasteiger partial charge in [0.05, 0.1) is 16.8 Å². The van der Waals surface area contributed by atoms with E-state index in [1.165, 1.54) is 11.3 Å². The molecule has 7 heteroatoms. The number of fused-ring (bicyclic) bond motifs is 1. The third-order valence-electron chi connectivity index (χ3n) is 2.24. The molecule has 0 aliphatic carbocycles. The molecule has 0 saturated heterocycles. The maximum Gasteiger partial charge on any atom is 0.330 e. The van der Waals surface area contributed by atoms with Crippen LogP contribution in [0.2, 0.25) is 5.02 Å². The van der Waals surface area contributed by atoms with E-state index < -0.39 is 11.9 Å². The number of thiazole rings is 1. The highest BCUT2D eigenvalue weighted by Crippen LogP contribution is 2.28. The molecule has 1 aromatic carbocycles. The molecule has 20 heavy (non-hydrogen) atoms. The molecule has 0 spiro atoms. The van der Waals surface area contributed by atoms with Crippen LogP contribution in [0.15, 0.2) is 30.4 Å². The van der Waals surface area contributed by atoms with Gasteiger partial charge in [0.15, 0.2) is 5.13 Å². The van der Waals surface area contributed by atoms with Gasteiger partial charge < -0.3 is 4.74 Å². The van der Waals surface area contributed by atoms with Crippen molar-refractivity contribution < 1.29 is 14.3 Å². The van der Waals surface area contributed by atoms with Gasteiger partial charge in [0.25, 0.3) is 0 Å². The molecule has 0 bridgehead atoms. The van der Waals surface area contributed by atoms with E-state index in [0.717, 1.165) is 22.4 Å². The highest BCUT2D eigenvalue weighted by Gasteiger charge is 2.06. The van der Waals surface area contributed by atoms with Gasteiger partial charge in [0, 0.05) is 17.2 Å². The number of aromatic nitrogens is 1. The molecule has 5 nitrogen and oxygen atoms in total. The lowest BCUT2D eigenvalue weighted by molar-refractivity contribution is -0.137. The van der Waals surface area contributed by atoms with E-state index >= 15 is 0 Å². The van der Waals surface area contributed by atoms with Crippen molar-refractivity contribution in [2.75, 3.05) is 11.9 Å². The van der Waals surface area contributed by atoms with Gasteiger partial charge in [-0.05, 0) is 25.1 Å². The Hall–Kier alpha value is -1.92. The fourth-order valence-electron chi connectivity index (χ4n) is 1.43. The molecule has 0 aliphatic heterocycles. The SMILES string of the molecule is CCOC(=O)/C=C/C(=O)Nc1nc2ccc(Cl)cc2s1. The number of halogens is 1. The zero-order valence-electron chi connectivity index (χ0n) is 10.6. The van der Waals surface area contributed by atoms with Crippen LogP contribution < -0.4 is 5.32 Å². The summed E-state index contributed by atoms with van der Waals surface area (Å²) in [6.07, 6.45) is 2.18. The molecule has 0 saturated carbocycles. The van der Waals surface area contributed by atoms with Gasteiger partial charge in [-0.1, -0.05) is 22.9 Å².